The van der Waals surface area contributed by atoms with Crippen molar-refractivity contribution < 1.29 is 9.53 Å². The molecule has 0 rings (SSSR count). The van der Waals surface area contributed by atoms with Crippen LogP contribution in [0.25, 0.3) is 0 Å². The van der Waals surface area contributed by atoms with Crippen molar-refractivity contribution in [1.29, 1.82) is 0 Å². The van der Waals surface area contributed by atoms with Gasteiger partial charge in [-0.15, -0.1) is 0 Å². The SMILES string of the molecule is CCCC/C=C\OC(C)=O. The molecule has 0 atom stereocenters. The van der Waals surface area contributed by atoms with Gasteiger partial charge in [0.25, 0.3) is 0 Å². The van der Waals surface area contributed by atoms with Crippen LogP contribution in [0, 0.1) is 0 Å². The van der Waals surface area contributed by atoms with Gasteiger partial charge in [-0.3, -0.25) is 4.79 Å². The molecule has 0 saturated carbocycles. The molecule has 0 amide bonds. The molecule has 0 aliphatic carbocycles. The number of carbonyl (C=O) groups is 1. The molecule has 58 valence electrons. The van der Waals surface area contributed by atoms with Gasteiger partial charge in [0.15, 0.2) is 0 Å². The van der Waals surface area contributed by atoms with E-state index in [1.165, 1.54) is 19.6 Å². The minimum atomic E-state index is -0.257. The van der Waals surface area contributed by atoms with E-state index in [4.69, 9.17) is 0 Å². The van der Waals surface area contributed by atoms with Crippen LogP contribution in [0.15, 0.2) is 12.3 Å². The lowest BCUT2D eigenvalue weighted by Crippen LogP contribution is -1.88. The Morgan fingerprint density at radius 1 is 1.60 bits per heavy atom. The molecule has 0 spiro atoms. The first-order valence-corrected chi connectivity index (χ1v) is 3.59. The van der Waals surface area contributed by atoms with Gasteiger partial charge < -0.3 is 4.74 Å². The number of rotatable bonds is 4. The quantitative estimate of drug-likeness (QED) is 0.342. The van der Waals surface area contributed by atoms with Crippen LogP contribution in [-0.4, -0.2) is 5.97 Å². The molecule has 10 heavy (non-hydrogen) atoms. The molecule has 0 aromatic heterocycles. The number of unbranched alkanes of at least 4 members (excludes halogenated alkanes) is 2. The first-order chi connectivity index (χ1) is 4.77. The summed E-state index contributed by atoms with van der Waals surface area (Å²) >= 11 is 0. The van der Waals surface area contributed by atoms with Crippen LogP contribution in [0.1, 0.15) is 33.1 Å². The molecular weight excluding hydrogens is 128 g/mol. The molecule has 0 aromatic rings. The van der Waals surface area contributed by atoms with Gasteiger partial charge in [0.2, 0.25) is 0 Å². The average molecular weight is 142 g/mol. The highest BCUT2D eigenvalue weighted by Crippen LogP contribution is 1.94. The maximum atomic E-state index is 10.2. The highest BCUT2D eigenvalue weighted by atomic mass is 16.5. The van der Waals surface area contributed by atoms with Crippen molar-refractivity contribution in [2.24, 2.45) is 0 Å². The van der Waals surface area contributed by atoms with Crippen molar-refractivity contribution in [3.8, 4) is 0 Å². The third-order valence-corrected chi connectivity index (χ3v) is 1.05. The Morgan fingerprint density at radius 2 is 2.30 bits per heavy atom. The number of allylic oxidation sites excluding steroid dienone is 1. The van der Waals surface area contributed by atoms with Crippen molar-refractivity contribution in [3.63, 3.8) is 0 Å². The molecule has 0 unspecified atom stereocenters. The van der Waals surface area contributed by atoms with Crippen molar-refractivity contribution >= 4 is 5.97 Å². The Labute approximate surface area is 61.9 Å². The Balaban J connectivity index is 3.12. The van der Waals surface area contributed by atoms with Gasteiger partial charge >= 0.3 is 5.97 Å². The Kier molecular flexibility index (Phi) is 5.83. The van der Waals surface area contributed by atoms with Crippen LogP contribution in [0.5, 0.6) is 0 Å². The second-order valence-electron chi connectivity index (χ2n) is 2.12. The molecule has 2 heteroatoms. The van der Waals surface area contributed by atoms with Gasteiger partial charge in [-0.1, -0.05) is 13.3 Å². The van der Waals surface area contributed by atoms with E-state index in [0.717, 1.165) is 12.8 Å². The highest BCUT2D eigenvalue weighted by molar-refractivity contribution is 5.66. The lowest BCUT2D eigenvalue weighted by Gasteiger charge is -1.90. The zero-order valence-corrected chi connectivity index (χ0v) is 6.59. The van der Waals surface area contributed by atoms with Gasteiger partial charge in [0.05, 0.1) is 6.26 Å². The summed E-state index contributed by atoms with van der Waals surface area (Å²) in [6.45, 7) is 3.52. The summed E-state index contributed by atoms with van der Waals surface area (Å²) in [6.07, 6.45) is 6.63. The van der Waals surface area contributed by atoms with E-state index in [1.807, 2.05) is 6.08 Å². The van der Waals surface area contributed by atoms with Gasteiger partial charge in [-0.2, -0.15) is 0 Å². The van der Waals surface area contributed by atoms with Crippen molar-refractivity contribution in [2.75, 3.05) is 0 Å². The lowest BCUT2D eigenvalue weighted by atomic mass is 10.2. The van der Waals surface area contributed by atoms with E-state index >= 15 is 0 Å². The highest BCUT2D eigenvalue weighted by Gasteiger charge is 1.83. The Hall–Kier alpha value is -0.790. The smallest absolute Gasteiger partial charge is 0.307 e. The predicted octanol–water partition coefficient (Wildman–Crippen LogP) is 2.25. The molecule has 0 aliphatic heterocycles. The third kappa shape index (κ3) is 7.21. The molecule has 2 nitrogen and oxygen atoms in total. The standard InChI is InChI=1S/C8H14O2/c1-3-4-5-6-7-10-8(2)9/h6-7H,3-5H2,1-2H3/b7-6-. The van der Waals surface area contributed by atoms with Gasteiger partial charge in [0, 0.05) is 6.92 Å². The van der Waals surface area contributed by atoms with Crippen LogP contribution >= 0.6 is 0 Å². The van der Waals surface area contributed by atoms with E-state index in [-0.39, 0.29) is 5.97 Å². The number of esters is 1. The monoisotopic (exact) mass is 142 g/mol. The van der Waals surface area contributed by atoms with Crippen LogP contribution in [0.3, 0.4) is 0 Å². The number of ether oxygens (including phenoxy) is 1. The maximum absolute atomic E-state index is 10.2. The van der Waals surface area contributed by atoms with E-state index in [0.29, 0.717) is 0 Å². The minimum Gasteiger partial charge on any atom is -0.435 e. The van der Waals surface area contributed by atoms with E-state index in [9.17, 15) is 4.79 Å². The zero-order valence-electron chi connectivity index (χ0n) is 6.59. The molecule has 0 radical (unpaired) electrons. The molecule has 0 aromatic carbocycles. The topological polar surface area (TPSA) is 26.3 Å². The van der Waals surface area contributed by atoms with Crippen molar-refractivity contribution in [2.45, 2.75) is 33.1 Å². The molecule has 0 bridgehead atoms. The van der Waals surface area contributed by atoms with Gasteiger partial charge in [0.1, 0.15) is 0 Å². The predicted molar refractivity (Wildman–Crippen MR) is 40.4 cm³/mol. The molecular formula is C8H14O2. The van der Waals surface area contributed by atoms with Crippen molar-refractivity contribution in [3.05, 3.63) is 12.3 Å². The van der Waals surface area contributed by atoms with Crippen LogP contribution in [0.4, 0.5) is 0 Å². The molecule has 0 saturated heterocycles. The largest absolute Gasteiger partial charge is 0.435 e. The second-order valence-corrected chi connectivity index (χ2v) is 2.12. The normalized spacial score (nSPS) is 10.2. The van der Waals surface area contributed by atoms with Crippen molar-refractivity contribution in [1.82, 2.24) is 0 Å². The van der Waals surface area contributed by atoms with Crippen LogP contribution < -0.4 is 0 Å². The fourth-order valence-corrected chi connectivity index (χ4v) is 0.534. The van der Waals surface area contributed by atoms with Gasteiger partial charge in [-0.25, -0.2) is 0 Å². The summed E-state index contributed by atoms with van der Waals surface area (Å²) in [5.74, 6) is -0.257. The first kappa shape index (κ1) is 9.21. The first-order valence-electron chi connectivity index (χ1n) is 3.59. The summed E-state index contributed by atoms with van der Waals surface area (Å²) in [4.78, 5) is 10.2. The summed E-state index contributed by atoms with van der Waals surface area (Å²) in [7, 11) is 0. The third-order valence-electron chi connectivity index (χ3n) is 1.05. The van der Waals surface area contributed by atoms with Crippen LogP contribution in [-0.2, 0) is 9.53 Å². The van der Waals surface area contributed by atoms with E-state index < -0.39 is 0 Å². The molecule has 0 heterocycles. The summed E-state index contributed by atoms with van der Waals surface area (Å²) in [5, 5.41) is 0. The van der Waals surface area contributed by atoms with E-state index in [2.05, 4.69) is 11.7 Å². The summed E-state index contributed by atoms with van der Waals surface area (Å²) < 4.78 is 4.57. The summed E-state index contributed by atoms with van der Waals surface area (Å²) in [5.41, 5.74) is 0. The van der Waals surface area contributed by atoms with Crippen LogP contribution in [0.2, 0.25) is 0 Å². The Bertz CT molecular complexity index is 116. The average Bonchev–Trinajstić information content (AvgIpc) is 1.87. The number of hydrogen-bond acceptors (Lipinski definition) is 2. The Morgan fingerprint density at radius 3 is 2.80 bits per heavy atom. The van der Waals surface area contributed by atoms with Gasteiger partial charge in [-0.05, 0) is 18.9 Å². The number of carbonyl (C=O) groups excluding carboxylic acids is 1. The molecule has 0 N–H and O–H groups in total. The maximum Gasteiger partial charge on any atom is 0.307 e. The minimum absolute atomic E-state index is 0.257. The fourth-order valence-electron chi connectivity index (χ4n) is 0.534. The summed E-state index contributed by atoms with van der Waals surface area (Å²) in [6, 6.07) is 0. The zero-order chi connectivity index (χ0) is 7.82. The molecule has 0 fully saturated rings. The second kappa shape index (κ2) is 6.33. The molecule has 0 aliphatic rings. The fraction of sp³-hybridized carbons (Fsp3) is 0.625. The van der Waals surface area contributed by atoms with E-state index in [1.54, 1.807) is 0 Å². The number of hydrogen-bond donors (Lipinski definition) is 0. The lowest BCUT2D eigenvalue weighted by molar-refractivity contribution is -0.135.